The summed E-state index contributed by atoms with van der Waals surface area (Å²) >= 11 is 0. The number of aromatic nitrogens is 6. The van der Waals surface area contributed by atoms with E-state index in [0.717, 1.165) is 17.2 Å². The maximum absolute atomic E-state index is 4.29. The summed E-state index contributed by atoms with van der Waals surface area (Å²) in [4.78, 5) is 0. The number of tetrazole rings is 1. The van der Waals surface area contributed by atoms with E-state index in [4.69, 9.17) is 0 Å². The predicted molar refractivity (Wildman–Crippen MR) is 98.0 cm³/mol. The maximum atomic E-state index is 4.29. The van der Waals surface area contributed by atoms with Crippen molar-refractivity contribution in [1.82, 2.24) is 35.3 Å². The van der Waals surface area contributed by atoms with Crippen LogP contribution in [0, 0.1) is 0 Å². The molecule has 7 nitrogen and oxygen atoms in total. The number of hydrogen-bond donors (Lipinski definition) is 1. The van der Waals surface area contributed by atoms with Gasteiger partial charge in [-0.3, -0.25) is 0 Å². The molecule has 0 spiro atoms. The van der Waals surface area contributed by atoms with Gasteiger partial charge in [-0.2, -0.15) is 9.78 Å². The number of para-hydroxylation sites is 1. The molecule has 2 aromatic heterocycles. The minimum absolute atomic E-state index is 0.145. The van der Waals surface area contributed by atoms with Crippen LogP contribution in [0.2, 0.25) is 0 Å². The molecule has 130 valence electrons. The number of nitrogens with one attached hydrogen (secondary N) is 1. The van der Waals surface area contributed by atoms with E-state index in [2.05, 4.69) is 45.0 Å². The molecule has 0 aliphatic heterocycles. The molecule has 2 aromatic carbocycles. The van der Waals surface area contributed by atoms with Crippen LogP contribution in [0.5, 0.6) is 0 Å². The van der Waals surface area contributed by atoms with Crippen molar-refractivity contribution in [2.75, 3.05) is 0 Å². The Hall–Kier alpha value is -3.32. The van der Waals surface area contributed by atoms with Gasteiger partial charge in [-0.15, -0.1) is 5.10 Å². The Morgan fingerprint density at radius 3 is 2.65 bits per heavy atom. The Balaban J connectivity index is 1.48. The molecule has 0 aliphatic rings. The second-order valence-corrected chi connectivity index (χ2v) is 5.99. The van der Waals surface area contributed by atoms with Gasteiger partial charge in [0, 0.05) is 18.4 Å². The summed E-state index contributed by atoms with van der Waals surface area (Å²) in [6.45, 7) is 2.69. The van der Waals surface area contributed by atoms with E-state index < -0.39 is 0 Å². The van der Waals surface area contributed by atoms with Gasteiger partial charge in [0.05, 0.1) is 17.9 Å². The number of nitrogens with zero attached hydrogens (tertiary/aromatic N) is 6. The number of rotatable bonds is 6. The van der Waals surface area contributed by atoms with Crippen molar-refractivity contribution in [3.63, 3.8) is 0 Å². The molecule has 2 heterocycles. The predicted octanol–water partition coefficient (Wildman–Crippen LogP) is 2.70. The molecule has 0 bridgehead atoms. The molecule has 0 amide bonds. The van der Waals surface area contributed by atoms with Crippen LogP contribution in [-0.4, -0.2) is 30.0 Å². The van der Waals surface area contributed by atoms with Gasteiger partial charge in [-0.05, 0) is 53.2 Å². The average molecular weight is 345 g/mol. The largest absolute Gasteiger partial charge is 0.303 e. The van der Waals surface area contributed by atoms with Gasteiger partial charge in [0.15, 0.2) is 5.82 Å². The highest BCUT2D eigenvalue weighted by atomic mass is 15.5. The molecular formula is C19H19N7. The normalized spacial score (nSPS) is 12.2. The van der Waals surface area contributed by atoms with Gasteiger partial charge in [0.1, 0.15) is 0 Å². The van der Waals surface area contributed by atoms with E-state index in [1.54, 1.807) is 10.9 Å². The molecule has 7 heteroatoms. The lowest BCUT2D eigenvalue weighted by Crippen LogP contribution is -2.21. The fourth-order valence-corrected chi connectivity index (χ4v) is 2.81. The molecule has 4 rings (SSSR count). The van der Waals surface area contributed by atoms with Crippen molar-refractivity contribution in [2.24, 2.45) is 0 Å². The van der Waals surface area contributed by atoms with E-state index in [0.29, 0.717) is 6.54 Å². The fraction of sp³-hybridized carbons (Fsp3) is 0.158. The molecule has 0 radical (unpaired) electrons. The van der Waals surface area contributed by atoms with E-state index in [1.807, 2.05) is 59.4 Å². The van der Waals surface area contributed by atoms with Gasteiger partial charge in [0.25, 0.3) is 0 Å². The van der Waals surface area contributed by atoms with E-state index >= 15 is 0 Å². The zero-order chi connectivity index (χ0) is 17.8. The standard InChI is InChI=1S/C19H19N7/c1-15(16-7-5-10-18(13-16)25-12-6-11-21-25)20-14-19-22-23-24-26(19)17-8-3-2-4-9-17/h2-13,15,20H,14H2,1H3. The molecule has 26 heavy (non-hydrogen) atoms. The topological polar surface area (TPSA) is 73.5 Å². The first-order chi connectivity index (χ1) is 12.8. The van der Waals surface area contributed by atoms with Crippen molar-refractivity contribution in [3.8, 4) is 11.4 Å². The summed E-state index contributed by atoms with van der Waals surface area (Å²) < 4.78 is 3.60. The summed E-state index contributed by atoms with van der Waals surface area (Å²) in [5.41, 5.74) is 3.16. The third-order valence-electron chi connectivity index (χ3n) is 4.24. The molecule has 0 aliphatic carbocycles. The van der Waals surface area contributed by atoms with Crippen LogP contribution in [0.1, 0.15) is 24.4 Å². The highest BCUT2D eigenvalue weighted by Crippen LogP contribution is 2.17. The smallest absolute Gasteiger partial charge is 0.170 e. The van der Waals surface area contributed by atoms with Gasteiger partial charge < -0.3 is 5.32 Å². The first kappa shape index (κ1) is 16.2. The summed E-state index contributed by atoms with van der Waals surface area (Å²) in [6.07, 6.45) is 3.71. The molecule has 4 aromatic rings. The Morgan fingerprint density at radius 2 is 1.85 bits per heavy atom. The van der Waals surface area contributed by atoms with Crippen molar-refractivity contribution in [3.05, 3.63) is 84.4 Å². The van der Waals surface area contributed by atoms with E-state index in [1.165, 1.54) is 5.56 Å². The quantitative estimate of drug-likeness (QED) is 0.582. The molecular weight excluding hydrogens is 326 g/mol. The van der Waals surface area contributed by atoms with E-state index in [-0.39, 0.29) is 6.04 Å². The highest BCUT2D eigenvalue weighted by Gasteiger charge is 2.11. The Morgan fingerprint density at radius 1 is 1.00 bits per heavy atom. The summed E-state index contributed by atoms with van der Waals surface area (Å²) in [5, 5.41) is 19.8. The number of benzene rings is 2. The monoisotopic (exact) mass is 345 g/mol. The summed E-state index contributed by atoms with van der Waals surface area (Å²) in [7, 11) is 0. The van der Waals surface area contributed by atoms with Gasteiger partial charge in [0.2, 0.25) is 0 Å². The van der Waals surface area contributed by atoms with Crippen LogP contribution in [-0.2, 0) is 6.54 Å². The third kappa shape index (κ3) is 3.38. The van der Waals surface area contributed by atoms with Crippen LogP contribution < -0.4 is 5.32 Å². The molecule has 1 N–H and O–H groups in total. The van der Waals surface area contributed by atoms with Crippen LogP contribution in [0.25, 0.3) is 11.4 Å². The lowest BCUT2D eigenvalue weighted by molar-refractivity contribution is 0.550. The van der Waals surface area contributed by atoms with Gasteiger partial charge >= 0.3 is 0 Å². The van der Waals surface area contributed by atoms with Crippen LogP contribution in [0.15, 0.2) is 73.1 Å². The lowest BCUT2D eigenvalue weighted by Gasteiger charge is -2.15. The van der Waals surface area contributed by atoms with Crippen molar-refractivity contribution < 1.29 is 0 Å². The second-order valence-electron chi connectivity index (χ2n) is 5.99. The minimum Gasteiger partial charge on any atom is -0.303 e. The van der Waals surface area contributed by atoms with Crippen LogP contribution in [0.4, 0.5) is 0 Å². The average Bonchev–Trinajstić information content (AvgIpc) is 3.39. The van der Waals surface area contributed by atoms with Crippen LogP contribution >= 0.6 is 0 Å². The van der Waals surface area contributed by atoms with Crippen molar-refractivity contribution >= 4 is 0 Å². The second kappa shape index (κ2) is 7.28. The van der Waals surface area contributed by atoms with E-state index in [9.17, 15) is 0 Å². The first-order valence-corrected chi connectivity index (χ1v) is 8.47. The molecule has 0 saturated carbocycles. The Labute approximate surface area is 151 Å². The van der Waals surface area contributed by atoms with Crippen molar-refractivity contribution in [2.45, 2.75) is 19.5 Å². The van der Waals surface area contributed by atoms with Crippen molar-refractivity contribution in [1.29, 1.82) is 0 Å². The molecule has 0 fully saturated rings. The maximum Gasteiger partial charge on any atom is 0.170 e. The van der Waals surface area contributed by atoms with Gasteiger partial charge in [-0.25, -0.2) is 4.68 Å². The SMILES string of the molecule is CC(NCc1nnnn1-c1ccccc1)c1cccc(-n2cccn2)c1. The summed E-state index contributed by atoms with van der Waals surface area (Å²) in [6, 6.07) is 20.3. The highest BCUT2D eigenvalue weighted by molar-refractivity contribution is 5.36. The minimum atomic E-state index is 0.145. The molecule has 0 saturated heterocycles. The molecule has 1 atom stereocenters. The summed E-state index contributed by atoms with van der Waals surface area (Å²) in [5.74, 6) is 0.770. The first-order valence-electron chi connectivity index (χ1n) is 8.47. The zero-order valence-electron chi connectivity index (χ0n) is 14.4. The number of hydrogen-bond acceptors (Lipinski definition) is 5. The van der Waals surface area contributed by atoms with Crippen LogP contribution in [0.3, 0.4) is 0 Å². The lowest BCUT2D eigenvalue weighted by atomic mass is 10.1. The zero-order valence-corrected chi connectivity index (χ0v) is 14.4. The molecule has 1 unspecified atom stereocenters. The Kier molecular flexibility index (Phi) is 4.53. The van der Waals surface area contributed by atoms with Gasteiger partial charge in [-0.1, -0.05) is 30.3 Å². The third-order valence-corrected chi connectivity index (χ3v) is 4.24. The fourth-order valence-electron chi connectivity index (χ4n) is 2.81. The Bertz CT molecular complexity index is 960.